The van der Waals surface area contributed by atoms with Gasteiger partial charge in [0.15, 0.2) is 0 Å². The fraction of sp³-hybridized carbons (Fsp3) is 0.0800. The molecule has 4 amide bonds. The summed E-state index contributed by atoms with van der Waals surface area (Å²) < 4.78 is 45.9. The summed E-state index contributed by atoms with van der Waals surface area (Å²) in [4.78, 5) is 38.3. The van der Waals surface area contributed by atoms with Crippen molar-refractivity contribution in [2.24, 2.45) is 0 Å². The molecule has 36 heavy (non-hydrogen) atoms. The second kappa shape index (κ2) is 10.2. The third-order valence-corrected chi connectivity index (χ3v) is 6.06. The van der Waals surface area contributed by atoms with E-state index in [1.54, 1.807) is 18.2 Å². The summed E-state index contributed by atoms with van der Waals surface area (Å²) in [7, 11) is 0. The summed E-state index contributed by atoms with van der Waals surface area (Å²) >= 11 is 9.38. The molecule has 1 fully saturated rings. The van der Waals surface area contributed by atoms with Crippen LogP contribution in [0.15, 0.2) is 76.8 Å². The zero-order valence-electron chi connectivity index (χ0n) is 18.1. The Kier molecular flexibility index (Phi) is 7.18. The van der Waals surface area contributed by atoms with Gasteiger partial charge in [0.2, 0.25) is 0 Å². The number of imide groups is 2. The quantitative estimate of drug-likeness (QED) is 0.282. The molecule has 4 rings (SSSR count). The summed E-state index contributed by atoms with van der Waals surface area (Å²) in [5, 5.41) is 1.69. The Balaban J connectivity index is 1.62. The molecule has 0 spiro atoms. The van der Waals surface area contributed by atoms with E-state index in [9.17, 15) is 27.6 Å². The average molecular weight is 580 g/mol. The second-order valence-electron chi connectivity index (χ2n) is 7.59. The molecule has 0 aromatic heterocycles. The fourth-order valence-electron chi connectivity index (χ4n) is 3.36. The van der Waals surface area contributed by atoms with Gasteiger partial charge in [0.1, 0.15) is 17.9 Å². The Hall–Kier alpha value is -3.63. The maximum atomic E-state index is 13.2. The number of hydrogen-bond acceptors (Lipinski definition) is 4. The van der Waals surface area contributed by atoms with Gasteiger partial charge in [-0.15, -0.1) is 0 Å². The van der Waals surface area contributed by atoms with Crippen molar-refractivity contribution in [1.82, 2.24) is 5.32 Å². The van der Waals surface area contributed by atoms with Crippen LogP contribution in [-0.4, -0.2) is 17.8 Å². The number of nitrogens with zero attached hydrogens (tertiary/aromatic N) is 1. The minimum absolute atomic E-state index is 0.275. The summed E-state index contributed by atoms with van der Waals surface area (Å²) in [5.41, 5.74) is -0.721. The van der Waals surface area contributed by atoms with Crippen molar-refractivity contribution in [3.63, 3.8) is 0 Å². The van der Waals surface area contributed by atoms with Gasteiger partial charge < -0.3 is 4.74 Å². The van der Waals surface area contributed by atoms with E-state index in [2.05, 4.69) is 15.9 Å². The number of alkyl halides is 3. The van der Waals surface area contributed by atoms with Crippen LogP contribution in [-0.2, 0) is 22.4 Å². The lowest BCUT2D eigenvalue weighted by Gasteiger charge is -2.27. The highest BCUT2D eigenvalue weighted by atomic mass is 79.9. The summed E-state index contributed by atoms with van der Waals surface area (Å²) in [6, 6.07) is 15.3. The van der Waals surface area contributed by atoms with E-state index in [0.29, 0.717) is 33.4 Å². The number of hydrogen-bond donors (Lipinski definition) is 1. The molecule has 11 heteroatoms. The number of benzene rings is 3. The smallest absolute Gasteiger partial charge is 0.416 e. The number of halogens is 5. The van der Waals surface area contributed by atoms with E-state index in [1.807, 2.05) is 35.6 Å². The van der Waals surface area contributed by atoms with E-state index in [1.165, 1.54) is 6.08 Å². The van der Waals surface area contributed by atoms with Crippen LogP contribution in [0.2, 0.25) is 5.02 Å². The fourth-order valence-corrected chi connectivity index (χ4v) is 4.08. The molecule has 1 aliphatic rings. The first-order valence-corrected chi connectivity index (χ1v) is 11.5. The van der Waals surface area contributed by atoms with Gasteiger partial charge in [-0.25, -0.2) is 9.69 Å². The van der Waals surface area contributed by atoms with Crippen molar-refractivity contribution in [2.75, 3.05) is 4.90 Å². The molecular weight excluding hydrogens is 565 g/mol. The van der Waals surface area contributed by atoms with Crippen LogP contribution in [0.5, 0.6) is 5.75 Å². The number of ether oxygens (including phenoxy) is 1. The van der Waals surface area contributed by atoms with Crippen LogP contribution in [0, 0.1) is 0 Å². The Labute approximate surface area is 216 Å². The highest BCUT2D eigenvalue weighted by Crippen LogP contribution is 2.37. The number of amides is 4. The third-order valence-electron chi connectivity index (χ3n) is 5.12. The standard InChI is InChI=1S/C25H15BrClF3N2O4/c26-18-11-15(6-9-21(18)36-13-14-4-2-1-3-5-14)10-17-22(33)31-24(35)32(23(17)34)20-12-16(25(28,29)30)7-8-19(20)27/h1-12H,13H2,(H,31,33,35)/b17-10-. The Morgan fingerprint density at radius 2 is 1.72 bits per heavy atom. The molecule has 1 heterocycles. The normalized spacial score (nSPS) is 15.3. The monoisotopic (exact) mass is 578 g/mol. The molecule has 1 aliphatic heterocycles. The largest absolute Gasteiger partial charge is 0.488 e. The first kappa shape index (κ1) is 25.5. The number of carbonyl (C=O) groups is 3. The lowest BCUT2D eigenvalue weighted by atomic mass is 10.1. The molecule has 184 valence electrons. The van der Waals surface area contributed by atoms with Crippen molar-refractivity contribution >= 4 is 57.1 Å². The molecule has 0 aliphatic carbocycles. The van der Waals surface area contributed by atoms with Crippen molar-refractivity contribution < 1.29 is 32.3 Å². The molecule has 1 N–H and O–H groups in total. The van der Waals surface area contributed by atoms with E-state index in [4.69, 9.17) is 16.3 Å². The maximum Gasteiger partial charge on any atom is 0.416 e. The SMILES string of the molecule is O=C1NC(=O)N(c2cc(C(F)(F)F)ccc2Cl)C(=O)/C1=C\c1ccc(OCc2ccccc2)c(Br)c1. The van der Waals surface area contributed by atoms with Gasteiger partial charge in [0.05, 0.1) is 20.7 Å². The van der Waals surface area contributed by atoms with E-state index in [-0.39, 0.29) is 5.02 Å². The minimum Gasteiger partial charge on any atom is -0.488 e. The Morgan fingerprint density at radius 3 is 2.39 bits per heavy atom. The topological polar surface area (TPSA) is 75.7 Å². The number of nitrogens with one attached hydrogen (secondary N) is 1. The highest BCUT2D eigenvalue weighted by molar-refractivity contribution is 9.10. The molecule has 0 radical (unpaired) electrons. The molecule has 1 saturated heterocycles. The summed E-state index contributed by atoms with van der Waals surface area (Å²) in [6.45, 7) is 0.315. The Bertz CT molecular complexity index is 1390. The first-order chi connectivity index (χ1) is 17.0. The highest BCUT2D eigenvalue weighted by Gasteiger charge is 2.39. The molecule has 0 unspecified atom stereocenters. The van der Waals surface area contributed by atoms with E-state index < -0.39 is 40.8 Å². The van der Waals surface area contributed by atoms with Crippen LogP contribution in [0.1, 0.15) is 16.7 Å². The van der Waals surface area contributed by atoms with Crippen molar-refractivity contribution in [2.45, 2.75) is 12.8 Å². The zero-order chi connectivity index (χ0) is 26.0. The lowest BCUT2D eigenvalue weighted by Crippen LogP contribution is -2.54. The zero-order valence-corrected chi connectivity index (χ0v) is 20.4. The average Bonchev–Trinajstić information content (AvgIpc) is 2.82. The summed E-state index contributed by atoms with van der Waals surface area (Å²) in [5.74, 6) is -1.61. The first-order valence-electron chi connectivity index (χ1n) is 10.3. The van der Waals surface area contributed by atoms with Gasteiger partial charge in [0, 0.05) is 0 Å². The van der Waals surface area contributed by atoms with Gasteiger partial charge in [0.25, 0.3) is 11.8 Å². The Morgan fingerprint density at radius 1 is 1.00 bits per heavy atom. The van der Waals surface area contributed by atoms with E-state index >= 15 is 0 Å². The van der Waals surface area contributed by atoms with Crippen LogP contribution in [0.3, 0.4) is 0 Å². The van der Waals surface area contributed by atoms with Crippen molar-refractivity contribution in [1.29, 1.82) is 0 Å². The predicted octanol–water partition coefficient (Wildman–Crippen LogP) is 6.37. The maximum absolute atomic E-state index is 13.2. The van der Waals surface area contributed by atoms with Gasteiger partial charge in [-0.3, -0.25) is 14.9 Å². The molecule has 0 saturated carbocycles. The predicted molar refractivity (Wildman–Crippen MR) is 130 cm³/mol. The summed E-state index contributed by atoms with van der Waals surface area (Å²) in [6.07, 6.45) is -3.52. The van der Waals surface area contributed by atoms with Gasteiger partial charge in [-0.05, 0) is 63.5 Å². The van der Waals surface area contributed by atoms with Crippen LogP contribution >= 0.6 is 27.5 Å². The van der Waals surface area contributed by atoms with Crippen LogP contribution < -0.4 is 15.0 Å². The lowest BCUT2D eigenvalue weighted by molar-refractivity contribution is -0.137. The second-order valence-corrected chi connectivity index (χ2v) is 8.85. The molecular formula is C25H15BrClF3N2O4. The van der Waals surface area contributed by atoms with Crippen molar-refractivity contribution in [3.05, 3.63) is 98.5 Å². The van der Waals surface area contributed by atoms with Gasteiger partial charge in [-0.1, -0.05) is 48.0 Å². The minimum atomic E-state index is -4.74. The number of barbiturate groups is 1. The number of anilines is 1. The third kappa shape index (κ3) is 5.44. The number of urea groups is 1. The molecule has 0 bridgehead atoms. The van der Waals surface area contributed by atoms with Crippen LogP contribution in [0.25, 0.3) is 6.08 Å². The van der Waals surface area contributed by atoms with Crippen LogP contribution in [0.4, 0.5) is 23.7 Å². The van der Waals surface area contributed by atoms with Gasteiger partial charge >= 0.3 is 12.2 Å². The number of rotatable bonds is 5. The molecule has 0 atom stereocenters. The van der Waals surface area contributed by atoms with E-state index in [0.717, 1.165) is 17.7 Å². The molecule has 3 aromatic rings. The number of carbonyl (C=O) groups excluding carboxylic acids is 3. The van der Waals surface area contributed by atoms with Gasteiger partial charge in [-0.2, -0.15) is 13.2 Å². The van der Waals surface area contributed by atoms with Crippen molar-refractivity contribution in [3.8, 4) is 5.75 Å². The molecule has 6 nitrogen and oxygen atoms in total. The molecule has 3 aromatic carbocycles.